The van der Waals surface area contributed by atoms with E-state index in [-0.39, 0.29) is 41.4 Å². The SMILES string of the molecule is Cc1ccc(/C=C/c2onc(C)c2S(=O)(=O)N2CCC(C(=O)NCC3CCN(Cc4ccc(F)cc4)CC3)CC2)cc1. The van der Waals surface area contributed by atoms with Crippen LogP contribution in [0.1, 0.15) is 53.8 Å². The van der Waals surface area contributed by atoms with Crippen LogP contribution in [0, 0.1) is 31.5 Å². The Balaban J connectivity index is 1.09. The Labute approximate surface area is 247 Å². The molecule has 10 heteroatoms. The smallest absolute Gasteiger partial charge is 0.248 e. The van der Waals surface area contributed by atoms with Crippen LogP contribution in [0.25, 0.3) is 12.2 Å². The topological polar surface area (TPSA) is 95.8 Å². The van der Waals surface area contributed by atoms with Gasteiger partial charge in [-0.3, -0.25) is 9.69 Å². The molecule has 2 saturated heterocycles. The number of benzene rings is 2. The summed E-state index contributed by atoms with van der Waals surface area (Å²) in [7, 11) is -3.83. The summed E-state index contributed by atoms with van der Waals surface area (Å²) in [5, 5.41) is 7.06. The number of nitrogens with zero attached hydrogens (tertiary/aromatic N) is 3. The summed E-state index contributed by atoms with van der Waals surface area (Å²) < 4.78 is 47.1. The first-order valence-electron chi connectivity index (χ1n) is 14.6. The molecule has 8 nitrogen and oxygen atoms in total. The maximum Gasteiger partial charge on any atom is 0.248 e. The van der Waals surface area contributed by atoms with Crippen molar-refractivity contribution in [2.24, 2.45) is 11.8 Å². The molecule has 1 amide bonds. The molecule has 2 fully saturated rings. The van der Waals surface area contributed by atoms with Crippen molar-refractivity contribution in [1.82, 2.24) is 19.7 Å². The fourth-order valence-corrected chi connectivity index (χ4v) is 7.44. The molecule has 0 saturated carbocycles. The van der Waals surface area contributed by atoms with Crippen LogP contribution in [0.15, 0.2) is 57.9 Å². The molecule has 2 aromatic carbocycles. The summed E-state index contributed by atoms with van der Waals surface area (Å²) >= 11 is 0. The molecule has 0 radical (unpaired) electrons. The van der Waals surface area contributed by atoms with Crippen LogP contribution >= 0.6 is 0 Å². The average Bonchev–Trinajstić information content (AvgIpc) is 3.38. The number of rotatable bonds is 9. The lowest BCUT2D eigenvalue weighted by Crippen LogP contribution is -2.44. The number of sulfonamides is 1. The van der Waals surface area contributed by atoms with Crippen LogP contribution < -0.4 is 5.32 Å². The van der Waals surface area contributed by atoms with Gasteiger partial charge in [0.25, 0.3) is 0 Å². The number of piperidine rings is 2. The molecule has 224 valence electrons. The fraction of sp³-hybridized carbons (Fsp3) is 0.438. The normalized spacial score (nSPS) is 18.1. The van der Waals surface area contributed by atoms with Crippen LogP contribution in [0.5, 0.6) is 0 Å². The van der Waals surface area contributed by atoms with Gasteiger partial charge in [0.1, 0.15) is 11.5 Å². The summed E-state index contributed by atoms with van der Waals surface area (Å²) in [5.41, 5.74) is 3.50. The molecule has 0 atom stereocenters. The number of aryl methyl sites for hydroxylation is 2. The summed E-state index contributed by atoms with van der Waals surface area (Å²) in [6.45, 7) is 7.51. The van der Waals surface area contributed by atoms with Crippen LogP contribution in [-0.2, 0) is 21.4 Å². The van der Waals surface area contributed by atoms with E-state index in [1.165, 1.54) is 16.4 Å². The average molecular weight is 595 g/mol. The second kappa shape index (κ2) is 13.3. The Bertz CT molecular complexity index is 1490. The lowest BCUT2D eigenvalue weighted by molar-refractivity contribution is -0.126. The molecule has 2 aliphatic heterocycles. The third-order valence-electron chi connectivity index (χ3n) is 8.35. The molecule has 1 aromatic heterocycles. The van der Waals surface area contributed by atoms with Gasteiger partial charge in [-0.05, 0) is 87.9 Å². The predicted octanol–water partition coefficient (Wildman–Crippen LogP) is 5.03. The van der Waals surface area contributed by atoms with Crippen LogP contribution in [-0.4, -0.2) is 61.4 Å². The maximum atomic E-state index is 13.6. The van der Waals surface area contributed by atoms with E-state index >= 15 is 0 Å². The highest BCUT2D eigenvalue weighted by atomic mass is 32.2. The number of carbonyl (C=O) groups excluding carboxylic acids is 1. The number of aromatic nitrogens is 1. The zero-order chi connectivity index (χ0) is 29.7. The molecule has 5 rings (SSSR count). The zero-order valence-electron chi connectivity index (χ0n) is 24.3. The molecule has 3 heterocycles. The standard InChI is InChI=1S/C32H39FN4O4S/c1-23-3-5-25(6-4-23)9-12-30-31(24(2)35-41-30)42(39,40)37-19-15-28(16-20-37)32(38)34-21-26-13-17-36(18-14-26)22-27-7-10-29(33)11-8-27/h3-12,26,28H,13-22H2,1-2H3,(H,34,38)/b12-9+. The molecule has 0 spiro atoms. The highest BCUT2D eigenvalue weighted by Gasteiger charge is 2.36. The maximum absolute atomic E-state index is 13.6. The first-order chi connectivity index (χ1) is 20.2. The van der Waals surface area contributed by atoms with Gasteiger partial charge in [-0.15, -0.1) is 0 Å². The minimum Gasteiger partial charge on any atom is -0.356 e. The molecule has 1 N–H and O–H groups in total. The minimum absolute atomic E-state index is 0.00340. The van der Waals surface area contributed by atoms with Crippen LogP contribution in [0.2, 0.25) is 0 Å². The number of amides is 1. The quantitative estimate of drug-likeness (QED) is 0.374. The summed E-state index contributed by atoms with van der Waals surface area (Å²) in [5.74, 6) is 0.198. The van der Waals surface area contributed by atoms with Crippen molar-refractivity contribution in [3.05, 3.63) is 82.5 Å². The van der Waals surface area contributed by atoms with E-state index in [1.54, 1.807) is 13.0 Å². The van der Waals surface area contributed by atoms with Gasteiger partial charge in [0.05, 0.1) is 0 Å². The van der Waals surface area contributed by atoms with Gasteiger partial charge >= 0.3 is 0 Å². The summed E-state index contributed by atoms with van der Waals surface area (Å²) in [4.78, 5) is 15.4. The number of carbonyl (C=O) groups is 1. The van der Waals surface area contributed by atoms with E-state index < -0.39 is 10.0 Å². The predicted molar refractivity (Wildman–Crippen MR) is 160 cm³/mol. The Morgan fingerprint density at radius 3 is 2.31 bits per heavy atom. The number of nitrogens with one attached hydrogen (secondary N) is 1. The van der Waals surface area contributed by atoms with E-state index in [0.717, 1.165) is 49.2 Å². The summed E-state index contributed by atoms with van der Waals surface area (Å²) in [6.07, 6.45) is 6.39. The minimum atomic E-state index is -3.83. The van der Waals surface area contributed by atoms with Gasteiger partial charge in [0.2, 0.25) is 15.9 Å². The van der Waals surface area contributed by atoms with E-state index in [1.807, 2.05) is 49.4 Å². The second-order valence-corrected chi connectivity index (χ2v) is 13.3. The van der Waals surface area contributed by atoms with Gasteiger partial charge in [-0.25, -0.2) is 12.8 Å². The highest BCUT2D eigenvalue weighted by molar-refractivity contribution is 7.89. The van der Waals surface area contributed by atoms with Gasteiger partial charge in [-0.2, -0.15) is 4.31 Å². The van der Waals surface area contributed by atoms with E-state index in [9.17, 15) is 17.6 Å². The Morgan fingerprint density at radius 1 is 0.976 bits per heavy atom. The van der Waals surface area contributed by atoms with E-state index in [0.29, 0.717) is 31.0 Å². The van der Waals surface area contributed by atoms with Crippen molar-refractivity contribution in [1.29, 1.82) is 0 Å². The molecule has 0 bridgehead atoms. The lowest BCUT2D eigenvalue weighted by atomic mass is 9.94. The molecule has 42 heavy (non-hydrogen) atoms. The van der Waals surface area contributed by atoms with Gasteiger partial charge < -0.3 is 9.84 Å². The number of halogens is 1. The first kappa shape index (κ1) is 30.1. The second-order valence-electron chi connectivity index (χ2n) is 11.5. The van der Waals surface area contributed by atoms with Crippen molar-refractivity contribution in [2.75, 3.05) is 32.7 Å². The van der Waals surface area contributed by atoms with E-state index in [2.05, 4.69) is 15.4 Å². The van der Waals surface area contributed by atoms with Gasteiger partial charge in [0, 0.05) is 32.1 Å². The Hall–Kier alpha value is -3.34. The van der Waals surface area contributed by atoms with Gasteiger partial charge in [-0.1, -0.05) is 53.2 Å². The van der Waals surface area contributed by atoms with Crippen molar-refractivity contribution >= 4 is 28.1 Å². The van der Waals surface area contributed by atoms with E-state index in [4.69, 9.17) is 4.52 Å². The fourth-order valence-electron chi connectivity index (χ4n) is 5.72. The molecule has 2 aliphatic rings. The Kier molecular flexibility index (Phi) is 9.55. The molecule has 3 aromatic rings. The molecule has 0 aliphatic carbocycles. The first-order valence-corrected chi connectivity index (χ1v) is 16.1. The third kappa shape index (κ3) is 7.35. The summed E-state index contributed by atoms with van der Waals surface area (Å²) in [6, 6.07) is 14.5. The zero-order valence-corrected chi connectivity index (χ0v) is 25.1. The Morgan fingerprint density at radius 2 is 1.64 bits per heavy atom. The van der Waals surface area contributed by atoms with Crippen molar-refractivity contribution in [3.63, 3.8) is 0 Å². The number of likely N-dealkylation sites (tertiary alicyclic amines) is 1. The monoisotopic (exact) mass is 594 g/mol. The number of hydrogen-bond donors (Lipinski definition) is 1. The van der Waals surface area contributed by atoms with Crippen LogP contribution in [0.4, 0.5) is 4.39 Å². The third-order valence-corrected chi connectivity index (χ3v) is 10.4. The largest absolute Gasteiger partial charge is 0.356 e. The van der Waals surface area contributed by atoms with Crippen molar-refractivity contribution < 1.29 is 22.1 Å². The molecular weight excluding hydrogens is 555 g/mol. The highest BCUT2D eigenvalue weighted by Crippen LogP contribution is 2.29. The van der Waals surface area contributed by atoms with Crippen molar-refractivity contribution in [3.8, 4) is 0 Å². The number of hydrogen-bond acceptors (Lipinski definition) is 6. The van der Waals surface area contributed by atoms with Crippen LogP contribution in [0.3, 0.4) is 0 Å². The molecule has 0 unspecified atom stereocenters. The van der Waals surface area contributed by atoms with Gasteiger partial charge in [0.15, 0.2) is 10.7 Å². The van der Waals surface area contributed by atoms with Crippen molar-refractivity contribution in [2.45, 2.75) is 51.0 Å². The lowest BCUT2D eigenvalue weighted by Gasteiger charge is -2.33. The molecular formula is C32H39FN4O4S.